The van der Waals surface area contributed by atoms with Gasteiger partial charge in [-0.1, -0.05) is 46.0 Å². The second-order valence-corrected chi connectivity index (χ2v) is 6.33. The van der Waals surface area contributed by atoms with Crippen molar-refractivity contribution in [3.05, 3.63) is 0 Å². The lowest BCUT2D eigenvalue weighted by molar-refractivity contribution is 0.159. The average molecular weight is 268 g/mol. The topological polar surface area (TPSA) is 15.3 Å². The van der Waals surface area contributed by atoms with E-state index in [-0.39, 0.29) is 0 Å². The molecule has 0 amide bonds. The Morgan fingerprint density at radius 1 is 1.05 bits per heavy atom. The van der Waals surface area contributed by atoms with Crippen LogP contribution in [-0.2, 0) is 0 Å². The fourth-order valence-electron chi connectivity index (χ4n) is 3.24. The third-order valence-corrected chi connectivity index (χ3v) is 4.71. The van der Waals surface area contributed by atoms with Gasteiger partial charge in [-0.05, 0) is 51.7 Å². The molecule has 2 heteroatoms. The molecule has 1 unspecified atom stereocenters. The first-order valence-corrected chi connectivity index (χ1v) is 8.72. The summed E-state index contributed by atoms with van der Waals surface area (Å²) in [6.45, 7) is 12.1. The zero-order chi connectivity index (χ0) is 13.9. The molecule has 1 rings (SSSR count). The summed E-state index contributed by atoms with van der Waals surface area (Å²) in [6, 6.07) is 0.779. The molecule has 0 saturated carbocycles. The van der Waals surface area contributed by atoms with Crippen LogP contribution >= 0.6 is 0 Å². The van der Waals surface area contributed by atoms with E-state index in [9.17, 15) is 0 Å². The summed E-state index contributed by atoms with van der Waals surface area (Å²) >= 11 is 0. The molecule has 1 aliphatic rings. The maximum atomic E-state index is 3.47. The zero-order valence-electron chi connectivity index (χ0n) is 13.6. The maximum absolute atomic E-state index is 3.47. The summed E-state index contributed by atoms with van der Waals surface area (Å²) in [5.41, 5.74) is 0. The number of piperidine rings is 1. The van der Waals surface area contributed by atoms with Gasteiger partial charge in [-0.2, -0.15) is 0 Å². The first-order chi connectivity index (χ1) is 9.27. The molecule has 1 N–H and O–H groups in total. The van der Waals surface area contributed by atoms with Crippen molar-refractivity contribution < 1.29 is 0 Å². The summed E-state index contributed by atoms with van der Waals surface area (Å²) in [5, 5.41) is 3.47. The highest BCUT2D eigenvalue weighted by molar-refractivity contribution is 4.75. The highest BCUT2D eigenvalue weighted by atomic mass is 15.1. The molecule has 1 fully saturated rings. The van der Waals surface area contributed by atoms with Gasteiger partial charge < -0.3 is 10.2 Å². The van der Waals surface area contributed by atoms with Gasteiger partial charge in [0.1, 0.15) is 0 Å². The van der Waals surface area contributed by atoms with E-state index in [1.807, 2.05) is 0 Å². The second kappa shape index (κ2) is 10.7. The van der Waals surface area contributed by atoms with E-state index >= 15 is 0 Å². The Balaban J connectivity index is 2.16. The van der Waals surface area contributed by atoms with Crippen molar-refractivity contribution in [1.82, 2.24) is 10.2 Å². The van der Waals surface area contributed by atoms with Crippen molar-refractivity contribution in [1.29, 1.82) is 0 Å². The van der Waals surface area contributed by atoms with Gasteiger partial charge in [-0.15, -0.1) is 0 Å². The molecule has 1 atom stereocenters. The Hall–Kier alpha value is -0.0800. The van der Waals surface area contributed by atoms with Crippen molar-refractivity contribution >= 4 is 0 Å². The van der Waals surface area contributed by atoms with Crippen LogP contribution in [0.4, 0.5) is 0 Å². The molecular weight excluding hydrogens is 232 g/mol. The Morgan fingerprint density at radius 3 is 2.37 bits per heavy atom. The van der Waals surface area contributed by atoms with E-state index in [4.69, 9.17) is 0 Å². The fourth-order valence-corrected chi connectivity index (χ4v) is 3.24. The summed E-state index contributed by atoms with van der Waals surface area (Å²) in [6.07, 6.45) is 11.2. The maximum Gasteiger partial charge on any atom is 0.00669 e. The minimum Gasteiger partial charge on any atom is -0.317 e. The van der Waals surface area contributed by atoms with Crippen molar-refractivity contribution in [2.45, 2.75) is 78.2 Å². The molecule has 0 aromatic carbocycles. The first kappa shape index (κ1) is 17.0. The molecule has 0 radical (unpaired) electrons. The molecule has 1 heterocycles. The number of nitrogens with zero attached hydrogens (tertiary/aromatic N) is 1. The van der Waals surface area contributed by atoms with Gasteiger partial charge in [-0.3, -0.25) is 0 Å². The van der Waals surface area contributed by atoms with Gasteiger partial charge in [-0.25, -0.2) is 0 Å². The van der Waals surface area contributed by atoms with Gasteiger partial charge in [0.2, 0.25) is 0 Å². The largest absolute Gasteiger partial charge is 0.317 e. The standard InChI is InChI=1S/C17H36N2/c1-4-6-7-8-9-10-16(3)19(5-2)15-17-11-13-18-14-12-17/h16-18H,4-15H2,1-3H3. The minimum atomic E-state index is 0.779. The normalized spacial score (nSPS) is 18.9. The van der Waals surface area contributed by atoms with Crippen LogP contribution in [0.1, 0.15) is 72.1 Å². The van der Waals surface area contributed by atoms with Crippen LogP contribution in [0.3, 0.4) is 0 Å². The number of unbranched alkanes of at least 4 members (excludes halogenated alkanes) is 4. The number of rotatable bonds is 10. The van der Waals surface area contributed by atoms with Crippen molar-refractivity contribution in [3.8, 4) is 0 Å². The molecule has 0 spiro atoms. The van der Waals surface area contributed by atoms with E-state index in [1.54, 1.807) is 0 Å². The predicted octanol–water partition coefficient (Wildman–Crippen LogP) is 4.06. The molecule has 1 aliphatic heterocycles. The van der Waals surface area contributed by atoms with Crippen molar-refractivity contribution in [3.63, 3.8) is 0 Å². The van der Waals surface area contributed by atoms with E-state index in [2.05, 4.69) is 31.0 Å². The highest BCUT2D eigenvalue weighted by Gasteiger charge is 2.19. The summed E-state index contributed by atoms with van der Waals surface area (Å²) in [5.74, 6) is 0.934. The van der Waals surface area contributed by atoms with Crippen LogP contribution < -0.4 is 5.32 Å². The van der Waals surface area contributed by atoms with E-state index in [1.165, 1.54) is 77.5 Å². The predicted molar refractivity (Wildman–Crippen MR) is 85.7 cm³/mol. The molecule has 114 valence electrons. The van der Waals surface area contributed by atoms with Crippen LogP contribution in [0.25, 0.3) is 0 Å². The first-order valence-electron chi connectivity index (χ1n) is 8.72. The molecule has 0 bridgehead atoms. The molecule has 0 aliphatic carbocycles. The van der Waals surface area contributed by atoms with Crippen LogP contribution in [0.2, 0.25) is 0 Å². The lowest BCUT2D eigenvalue weighted by Gasteiger charge is -2.33. The molecule has 2 nitrogen and oxygen atoms in total. The quantitative estimate of drug-likeness (QED) is 0.601. The number of hydrogen-bond donors (Lipinski definition) is 1. The molecule has 0 aromatic heterocycles. The minimum absolute atomic E-state index is 0.779. The molecule has 0 aromatic rings. The third-order valence-electron chi connectivity index (χ3n) is 4.71. The number of nitrogens with one attached hydrogen (secondary N) is 1. The SMILES string of the molecule is CCCCCCCC(C)N(CC)CC1CCNCC1. The summed E-state index contributed by atoms with van der Waals surface area (Å²) < 4.78 is 0. The van der Waals surface area contributed by atoms with Crippen LogP contribution in [0.15, 0.2) is 0 Å². The van der Waals surface area contributed by atoms with E-state index in [0.29, 0.717) is 0 Å². The monoisotopic (exact) mass is 268 g/mol. The average Bonchev–Trinajstić information content (AvgIpc) is 2.45. The zero-order valence-corrected chi connectivity index (χ0v) is 13.6. The third kappa shape index (κ3) is 7.31. The molecule has 19 heavy (non-hydrogen) atoms. The van der Waals surface area contributed by atoms with Gasteiger partial charge in [0.05, 0.1) is 0 Å². The van der Waals surface area contributed by atoms with Crippen LogP contribution in [0, 0.1) is 5.92 Å². The Bertz CT molecular complexity index is 199. The fraction of sp³-hybridized carbons (Fsp3) is 1.00. The van der Waals surface area contributed by atoms with Gasteiger partial charge >= 0.3 is 0 Å². The van der Waals surface area contributed by atoms with Gasteiger partial charge in [0, 0.05) is 12.6 Å². The Morgan fingerprint density at radius 2 is 1.74 bits per heavy atom. The summed E-state index contributed by atoms with van der Waals surface area (Å²) in [7, 11) is 0. The van der Waals surface area contributed by atoms with E-state index < -0.39 is 0 Å². The van der Waals surface area contributed by atoms with Crippen molar-refractivity contribution in [2.24, 2.45) is 5.92 Å². The molecular formula is C17H36N2. The Labute approximate surface area is 121 Å². The van der Waals surface area contributed by atoms with Crippen molar-refractivity contribution in [2.75, 3.05) is 26.2 Å². The van der Waals surface area contributed by atoms with E-state index in [0.717, 1.165) is 12.0 Å². The van der Waals surface area contributed by atoms with Gasteiger partial charge in [0.15, 0.2) is 0 Å². The summed E-state index contributed by atoms with van der Waals surface area (Å²) in [4.78, 5) is 2.72. The van der Waals surface area contributed by atoms with Gasteiger partial charge in [0.25, 0.3) is 0 Å². The Kier molecular flexibility index (Phi) is 9.54. The highest BCUT2D eigenvalue weighted by Crippen LogP contribution is 2.17. The lowest BCUT2D eigenvalue weighted by atomic mass is 9.96. The number of hydrogen-bond acceptors (Lipinski definition) is 2. The van der Waals surface area contributed by atoms with Crippen LogP contribution in [-0.4, -0.2) is 37.1 Å². The molecule has 1 saturated heterocycles. The second-order valence-electron chi connectivity index (χ2n) is 6.33. The smallest absolute Gasteiger partial charge is 0.00669 e. The lowest BCUT2D eigenvalue weighted by Crippen LogP contribution is -2.40. The van der Waals surface area contributed by atoms with Crippen LogP contribution in [0.5, 0.6) is 0 Å².